The molecule has 0 fully saturated rings. The maximum Gasteiger partial charge on any atom is 0.264 e. The van der Waals surface area contributed by atoms with Gasteiger partial charge in [-0.15, -0.1) is 0 Å². The fraction of sp³-hybridized carbons (Fsp3) is 0. The zero-order chi connectivity index (χ0) is 14.1. The molecule has 0 spiro atoms. The molecule has 8 heteroatoms. The van der Waals surface area contributed by atoms with Crippen LogP contribution in [0, 0.1) is 4.77 Å². The van der Waals surface area contributed by atoms with Gasteiger partial charge in [-0.1, -0.05) is 23.7 Å². The van der Waals surface area contributed by atoms with Gasteiger partial charge in [-0.25, -0.2) is 5.10 Å². The Morgan fingerprint density at radius 3 is 2.60 bits per heavy atom. The molecule has 20 heavy (non-hydrogen) atoms. The maximum absolute atomic E-state index is 11.1. The van der Waals surface area contributed by atoms with Crippen LogP contribution in [-0.4, -0.2) is 25.0 Å². The third-order valence-corrected chi connectivity index (χ3v) is 3.27. The van der Waals surface area contributed by atoms with Gasteiger partial charge in [0.2, 0.25) is 0 Å². The second kappa shape index (κ2) is 5.03. The molecule has 0 radical (unpaired) electrons. The van der Waals surface area contributed by atoms with Gasteiger partial charge in [0.05, 0.1) is 10.7 Å². The van der Waals surface area contributed by atoms with Crippen molar-refractivity contribution in [2.45, 2.75) is 0 Å². The van der Waals surface area contributed by atoms with Crippen molar-refractivity contribution in [3.8, 4) is 17.2 Å². The van der Waals surface area contributed by atoms with E-state index >= 15 is 0 Å². The molecule has 3 aromatic rings. The highest BCUT2D eigenvalue weighted by molar-refractivity contribution is 7.71. The molecular formula is C12H8ClN5OS. The summed E-state index contributed by atoms with van der Waals surface area (Å²) in [5.74, 6) is 0.472. The number of benzene rings is 1. The number of H-pyrrole nitrogens is 2. The molecule has 0 aliphatic rings. The summed E-state index contributed by atoms with van der Waals surface area (Å²) in [5.41, 5.74) is 0.889. The van der Waals surface area contributed by atoms with Crippen molar-refractivity contribution in [1.82, 2.24) is 25.0 Å². The van der Waals surface area contributed by atoms with Gasteiger partial charge < -0.3 is 0 Å². The zero-order valence-electron chi connectivity index (χ0n) is 10.0. The molecule has 0 bridgehead atoms. The second-order valence-electron chi connectivity index (χ2n) is 3.95. The lowest BCUT2D eigenvalue weighted by atomic mass is 10.3. The van der Waals surface area contributed by atoms with Crippen LogP contribution in [-0.2, 0) is 0 Å². The quantitative estimate of drug-likeness (QED) is 0.712. The summed E-state index contributed by atoms with van der Waals surface area (Å²) in [6, 6.07) is 10.2. The Hall–Kier alpha value is -2.25. The third kappa shape index (κ3) is 2.17. The van der Waals surface area contributed by atoms with Crippen LogP contribution in [0.1, 0.15) is 0 Å². The Balaban J connectivity index is 2.25. The van der Waals surface area contributed by atoms with Crippen LogP contribution in [0.3, 0.4) is 0 Å². The Morgan fingerprint density at radius 2 is 1.90 bits per heavy atom. The van der Waals surface area contributed by atoms with Crippen LogP contribution < -0.4 is 5.56 Å². The molecule has 100 valence electrons. The number of halogens is 1. The van der Waals surface area contributed by atoms with E-state index < -0.39 is 0 Å². The predicted octanol–water partition coefficient (Wildman–Crippen LogP) is 2.33. The van der Waals surface area contributed by atoms with Crippen molar-refractivity contribution in [1.29, 1.82) is 0 Å². The number of hydrogen-bond donors (Lipinski definition) is 2. The van der Waals surface area contributed by atoms with Gasteiger partial charge in [-0.05, 0) is 30.4 Å². The Kier molecular flexibility index (Phi) is 3.21. The molecule has 0 saturated heterocycles. The average molecular weight is 306 g/mol. The number of hydrogen-bond acceptors (Lipinski definition) is 4. The Labute approximate surface area is 123 Å². The SMILES string of the molecule is O=c1ccc(-c2n[nH]c(=S)n2-c2ccccc2Cl)n[nH]1. The monoisotopic (exact) mass is 305 g/mol. The van der Waals surface area contributed by atoms with E-state index in [0.29, 0.717) is 27.0 Å². The standard InChI is InChI=1S/C12H8ClN5OS/c13-7-3-1-2-4-9(7)18-11(16-17-12(18)20)8-5-6-10(19)15-14-8/h1-6H,(H,15,19)(H,17,20). The zero-order valence-corrected chi connectivity index (χ0v) is 11.6. The van der Waals surface area contributed by atoms with Crippen molar-refractivity contribution >= 4 is 23.8 Å². The van der Waals surface area contributed by atoms with Gasteiger partial charge in [0.25, 0.3) is 5.56 Å². The molecule has 2 aromatic heterocycles. The van der Waals surface area contributed by atoms with Gasteiger partial charge in [-0.2, -0.15) is 10.2 Å². The number of nitrogens with zero attached hydrogens (tertiary/aromatic N) is 3. The van der Waals surface area contributed by atoms with Crippen LogP contribution in [0.25, 0.3) is 17.2 Å². The van der Waals surface area contributed by atoms with E-state index in [2.05, 4.69) is 20.4 Å². The number of rotatable bonds is 2. The summed E-state index contributed by atoms with van der Waals surface area (Å²) in [6.45, 7) is 0. The molecule has 0 aliphatic carbocycles. The van der Waals surface area contributed by atoms with Gasteiger partial charge in [0, 0.05) is 6.07 Å². The lowest BCUT2D eigenvalue weighted by Crippen LogP contribution is -2.07. The van der Waals surface area contributed by atoms with Crippen LogP contribution >= 0.6 is 23.8 Å². The molecule has 1 aromatic carbocycles. The minimum atomic E-state index is -0.285. The number of aromatic nitrogens is 5. The van der Waals surface area contributed by atoms with E-state index in [1.54, 1.807) is 16.7 Å². The van der Waals surface area contributed by atoms with Crippen molar-refractivity contribution in [2.75, 3.05) is 0 Å². The van der Waals surface area contributed by atoms with Gasteiger partial charge in [0.1, 0.15) is 5.69 Å². The smallest absolute Gasteiger partial charge is 0.264 e. The molecule has 0 unspecified atom stereocenters. The summed E-state index contributed by atoms with van der Waals surface area (Å²) in [6.07, 6.45) is 0. The molecule has 0 amide bonds. The predicted molar refractivity (Wildman–Crippen MR) is 77.6 cm³/mol. The molecule has 3 rings (SSSR count). The summed E-state index contributed by atoms with van der Waals surface area (Å²) >= 11 is 11.4. The fourth-order valence-electron chi connectivity index (χ4n) is 1.79. The van der Waals surface area contributed by atoms with Crippen molar-refractivity contribution in [2.24, 2.45) is 0 Å². The lowest BCUT2D eigenvalue weighted by molar-refractivity contribution is 0.959. The van der Waals surface area contributed by atoms with E-state index in [9.17, 15) is 4.79 Å². The molecule has 0 saturated carbocycles. The van der Waals surface area contributed by atoms with Gasteiger partial charge in [0.15, 0.2) is 10.6 Å². The Morgan fingerprint density at radius 1 is 1.10 bits per heavy atom. The molecule has 0 aliphatic heterocycles. The lowest BCUT2D eigenvalue weighted by Gasteiger charge is -2.07. The highest BCUT2D eigenvalue weighted by atomic mass is 35.5. The molecule has 0 atom stereocenters. The second-order valence-corrected chi connectivity index (χ2v) is 4.74. The van der Waals surface area contributed by atoms with Crippen LogP contribution in [0.4, 0.5) is 0 Å². The summed E-state index contributed by atoms with van der Waals surface area (Å²) < 4.78 is 2.05. The number of para-hydroxylation sites is 1. The largest absolute Gasteiger partial charge is 0.268 e. The first-order valence-corrected chi connectivity index (χ1v) is 6.44. The fourth-order valence-corrected chi connectivity index (χ4v) is 2.25. The molecule has 6 nitrogen and oxygen atoms in total. The van der Waals surface area contributed by atoms with Crippen LogP contribution in [0.15, 0.2) is 41.2 Å². The molecule has 2 heterocycles. The topological polar surface area (TPSA) is 79.4 Å². The van der Waals surface area contributed by atoms with E-state index in [1.807, 2.05) is 18.2 Å². The highest BCUT2D eigenvalue weighted by Crippen LogP contribution is 2.24. The van der Waals surface area contributed by atoms with E-state index in [4.69, 9.17) is 23.8 Å². The highest BCUT2D eigenvalue weighted by Gasteiger charge is 2.14. The van der Waals surface area contributed by atoms with Crippen LogP contribution in [0.5, 0.6) is 0 Å². The average Bonchev–Trinajstić information content (AvgIpc) is 2.82. The van der Waals surface area contributed by atoms with Crippen LogP contribution in [0.2, 0.25) is 5.02 Å². The van der Waals surface area contributed by atoms with E-state index in [-0.39, 0.29) is 5.56 Å². The number of nitrogens with one attached hydrogen (secondary N) is 2. The number of aromatic amines is 2. The summed E-state index contributed by atoms with van der Waals surface area (Å²) in [5, 5.41) is 13.7. The third-order valence-electron chi connectivity index (χ3n) is 2.67. The first kappa shape index (κ1) is 12.8. The first-order valence-electron chi connectivity index (χ1n) is 5.65. The van der Waals surface area contributed by atoms with E-state index in [1.165, 1.54) is 6.07 Å². The molecule has 2 N–H and O–H groups in total. The maximum atomic E-state index is 11.1. The minimum absolute atomic E-state index is 0.285. The van der Waals surface area contributed by atoms with E-state index in [0.717, 1.165) is 0 Å². The summed E-state index contributed by atoms with van der Waals surface area (Å²) in [4.78, 5) is 11.1. The Bertz CT molecular complexity index is 861. The van der Waals surface area contributed by atoms with Gasteiger partial charge >= 0.3 is 0 Å². The summed E-state index contributed by atoms with van der Waals surface area (Å²) in [7, 11) is 0. The minimum Gasteiger partial charge on any atom is -0.268 e. The van der Waals surface area contributed by atoms with Crippen molar-refractivity contribution in [3.63, 3.8) is 0 Å². The first-order chi connectivity index (χ1) is 9.66. The van der Waals surface area contributed by atoms with Crippen molar-refractivity contribution < 1.29 is 0 Å². The van der Waals surface area contributed by atoms with Gasteiger partial charge in [-0.3, -0.25) is 14.5 Å². The van der Waals surface area contributed by atoms with Crippen molar-refractivity contribution in [3.05, 3.63) is 56.5 Å². The normalized spacial score (nSPS) is 10.7. The molecular weight excluding hydrogens is 298 g/mol.